The van der Waals surface area contributed by atoms with Crippen LogP contribution < -0.4 is 0 Å². The first-order valence-corrected chi connectivity index (χ1v) is 10.1. The van der Waals surface area contributed by atoms with E-state index in [4.69, 9.17) is 9.47 Å². The predicted molar refractivity (Wildman–Crippen MR) is 108 cm³/mol. The lowest BCUT2D eigenvalue weighted by atomic mass is 9.90. The minimum Gasteiger partial charge on any atom is -0.475 e. The van der Waals surface area contributed by atoms with Gasteiger partial charge in [0.1, 0.15) is 0 Å². The first-order chi connectivity index (χ1) is 13.7. The second-order valence-corrected chi connectivity index (χ2v) is 7.55. The topological polar surface area (TPSA) is 55.8 Å². The second-order valence-electron chi connectivity index (χ2n) is 7.55. The number of hydrogen-bond acceptors (Lipinski definition) is 3. The smallest absolute Gasteiger partial charge is 0.370 e. The van der Waals surface area contributed by atoms with Crippen LogP contribution in [-0.4, -0.2) is 24.0 Å². The third-order valence-electron chi connectivity index (χ3n) is 5.57. The highest BCUT2D eigenvalue weighted by molar-refractivity contribution is 5.84. The van der Waals surface area contributed by atoms with E-state index >= 15 is 0 Å². The number of unbranched alkanes of at least 4 members (excludes halogenated alkanes) is 2. The molecular formula is C24H26O4. The Morgan fingerprint density at radius 2 is 1.96 bits per heavy atom. The van der Waals surface area contributed by atoms with Gasteiger partial charge in [-0.15, -0.1) is 0 Å². The number of carboxylic acid groups (broad SMARTS) is 1. The molecule has 4 rings (SSSR count). The van der Waals surface area contributed by atoms with Crippen molar-refractivity contribution in [3.63, 3.8) is 0 Å². The maximum atomic E-state index is 11.5. The normalized spacial score (nSPS) is 20.1. The van der Waals surface area contributed by atoms with Crippen molar-refractivity contribution in [3.8, 4) is 11.1 Å². The summed E-state index contributed by atoms with van der Waals surface area (Å²) in [5, 5.41) is 9.45. The molecule has 0 aromatic heterocycles. The minimum atomic E-state index is -1.04. The molecule has 0 fully saturated rings. The third-order valence-corrected chi connectivity index (χ3v) is 5.57. The van der Waals surface area contributed by atoms with Crippen molar-refractivity contribution in [2.45, 2.75) is 51.2 Å². The molecule has 0 radical (unpaired) electrons. The Morgan fingerprint density at radius 3 is 2.79 bits per heavy atom. The molecule has 4 heteroatoms. The highest BCUT2D eigenvalue weighted by Crippen LogP contribution is 2.39. The highest BCUT2D eigenvalue weighted by Gasteiger charge is 2.29. The van der Waals surface area contributed by atoms with Gasteiger partial charge in [-0.25, -0.2) is 4.79 Å². The summed E-state index contributed by atoms with van der Waals surface area (Å²) < 4.78 is 11.4. The molecule has 0 saturated carbocycles. The van der Waals surface area contributed by atoms with Crippen molar-refractivity contribution in [2.24, 2.45) is 0 Å². The van der Waals surface area contributed by atoms with Crippen LogP contribution in [0.15, 0.2) is 54.3 Å². The number of ether oxygens (including phenoxy) is 2. The Hall–Kier alpha value is -2.59. The van der Waals surface area contributed by atoms with Gasteiger partial charge in [0.25, 0.3) is 0 Å². The quantitative estimate of drug-likeness (QED) is 0.570. The second kappa shape index (κ2) is 8.19. The first kappa shape index (κ1) is 18.8. The largest absolute Gasteiger partial charge is 0.475 e. The molecule has 4 nitrogen and oxygen atoms in total. The molecular weight excluding hydrogens is 352 g/mol. The fraction of sp³-hybridized carbons (Fsp3) is 0.375. The lowest BCUT2D eigenvalue weighted by Gasteiger charge is -2.28. The van der Waals surface area contributed by atoms with Gasteiger partial charge in [0.15, 0.2) is 0 Å². The van der Waals surface area contributed by atoms with Crippen molar-refractivity contribution >= 4 is 5.97 Å². The van der Waals surface area contributed by atoms with Gasteiger partial charge in [-0.2, -0.15) is 0 Å². The Labute approximate surface area is 165 Å². The molecule has 0 amide bonds. The molecule has 2 aromatic rings. The fourth-order valence-electron chi connectivity index (χ4n) is 4.11. The number of hydrogen-bond donors (Lipinski definition) is 1. The van der Waals surface area contributed by atoms with Crippen LogP contribution in [0.2, 0.25) is 0 Å². The molecule has 1 aliphatic carbocycles. The minimum absolute atomic E-state index is 0.0134. The van der Waals surface area contributed by atoms with Gasteiger partial charge in [0, 0.05) is 12.3 Å². The summed E-state index contributed by atoms with van der Waals surface area (Å²) in [4.78, 5) is 11.5. The van der Waals surface area contributed by atoms with E-state index in [1.165, 1.54) is 22.3 Å². The Balaban J connectivity index is 1.55. The molecule has 28 heavy (non-hydrogen) atoms. The van der Waals surface area contributed by atoms with Gasteiger partial charge < -0.3 is 14.6 Å². The van der Waals surface area contributed by atoms with E-state index in [2.05, 4.69) is 49.4 Å². The zero-order chi connectivity index (χ0) is 19.5. The molecule has 2 aromatic carbocycles. The predicted octanol–water partition coefficient (Wildman–Crippen LogP) is 5.26. The highest BCUT2D eigenvalue weighted by atomic mass is 16.7. The van der Waals surface area contributed by atoms with Crippen LogP contribution in [0.3, 0.4) is 0 Å². The molecule has 2 aliphatic rings. The fourth-order valence-corrected chi connectivity index (χ4v) is 4.11. The zero-order valence-corrected chi connectivity index (χ0v) is 16.2. The Kier molecular flexibility index (Phi) is 5.49. The van der Waals surface area contributed by atoms with Gasteiger partial charge in [-0.3, -0.25) is 0 Å². The van der Waals surface area contributed by atoms with Crippen LogP contribution >= 0.6 is 0 Å². The number of benzene rings is 2. The molecule has 1 aliphatic heterocycles. The van der Waals surface area contributed by atoms with Crippen LogP contribution in [0.1, 0.15) is 55.2 Å². The Bertz CT molecular complexity index is 899. The maximum absolute atomic E-state index is 11.5. The van der Waals surface area contributed by atoms with Crippen LogP contribution in [0, 0.1) is 0 Å². The van der Waals surface area contributed by atoms with Crippen LogP contribution in [0.4, 0.5) is 0 Å². The summed E-state index contributed by atoms with van der Waals surface area (Å²) in [5.41, 5.74) is 6.35. The van der Waals surface area contributed by atoms with E-state index in [9.17, 15) is 9.90 Å². The number of rotatable bonds is 7. The molecule has 0 bridgehead atoms. The molecule has 0 spiro atoms. The third kappa shape index (κ3) is 3.83. The van der Waals surface area contributed by atoms with Crippen molar-refractivity contribution in [2.75, 3.05) is 6.61 Å². The van der Waals surface area contributed by atoms with Crippen molar-refractivity contribution in [1.82, 2.24) is 0 Å². The molecule has 2 atom stereocenters. The van der Waals surface area contributed by atoms with E-state index in [0.29, 0.717) is 13.0 Å². The van der Waals surface area contributed by atoms with Gasteiger partial charge in [0.05, 0.1) is 6.61 Å². The number of fused-ring (bicyclic) bond motifs is 3. The maximum Gasteiger partial charge on any atom is 0.370 e. The van der Waals surface area contributed by atoms with Gasteiger partial charge >= 0.3 is 5.97 Å². The standard InChI is InChI=1S/C24H26O4/c1-2-3-6-11-27-23-15-18(14-22(28-23)24(25)26)16-9-10-21-19(12-16)13-17-7-4-5-8-20(17)21/h4-5,7-10,12,14,18,23H,2-3,6,11,13,15H2,1H3,(H,25,26)/t18-,23+/m0/s1. The molecule has 1 heterocycles. The average Bonchev–Trinajstić information content (AvgIpc) is 3.09. The van der Waals surface area contributed by atoms with E-state index in [1.54, 1.807) is 6.08 Å². The molecule has 0 saturated heterocycles. The zero-order valence-electron chi connectivity index (χ0n) is 16.2. The Morgan fingerprint density at radius 1 is 1.14 bits per heavy atom. The summed E-state index contributed by atoms with van der Waals surface area (Å²) >= 11 is 0. The number of aliphatic carboxylic acids is 1. The van der Waals surface area contributed by atoms with Gasteiger partial charge in [-0.05, 0) is 46.7 Å². The van der Waals surface area contributed by atoms with Gasteiger partial charge in [0.2, 0.25) is 12.0 Å². The summed E-state index contributed by atoms with van der Waals surface area (Å²) in [6.07, 6.45) is 5.95. The number of carbonyl (C=O) groups is 1. The van der Waals surface area contributed by atoms with Crippen LogP contribution in [0.5, 0.6) is 0 Å². The SMILES string of the molecule is CCCCCO[C@H]1C[C@@H](c2ccc3c(c2)Cc2ccccc2-3)C=C(C(=O)O)O1. The summed E-state index contributed by atoms with van der Waals surface area (Å²) in [6, 6.07) is 15.0. The lowest BCUT2D eigenvalue weighted by molar-refractivity contribution is -0.157. The number of allylic oxidation sites excluding steroid dienone is 1. The summed E-state index contributed by atoms with van der Waals surface area (Å²) in [7, 11) is 0. The average molecular weight is 378 g/mol. The van der Waals surface area contributed by atoms with E-state index in [0.717, 1.165) is 31.2 Å². The van der Waals surface area contributed by atoms with Crippen molar-refractivity contribution in [1.29, 1.82) is 0 Å². The molecule has 146 valence electrons. The summed E-state index contributed by atoms with van der Waals surface area (Å²) in [5.74, 6) is -1.08. The van der Waals surface area contributed by atoms with Crippen molar-refractivity contribution < 1.29 is 19.4 Å². The van der Waals surface area contributed by atoms with Crippen molar-refractivity contribution in [3.05, 3.63) is 71.0 Å². The molecule has 1 N–H and O–H groups in total. The van der Waals surface area contributed by atoms with Gasteiger partial charge in [-0.1, -0.05) is 62.2 Å². The lowest BCUT2D eigenvalue weighted by Crippen LogP contribution is -2.27. The van der Waals surface area contributed by atoms with E-state index < -0.39 is 12.3 Å². The summed E-state index contributed by atoms with van der Waals surface area (Å²) in [6.45, 7) is 2.74. The number of carboxylic acids is 1. The monoisotopic (exact) mass is 378 g/mol. The molecule has 0 unspecified atom stereocenters. The van der Waals surface area contributed by atoms with E-state index in [-0.39, 0.29) is 11.7 Å². The van der Waals surface area contributed by atoms with Crippen LogP contribution in [-0.2, 0) is 20.7 Å². The van der Waals surface area contributed by atoms with Crippen LogP contribution in [0.25, 0.3) is 11.1 Å². The first-order valence-electron chi connectivity index (χ1n) is 10.1. The van der Waals surface area contributed by atoms with E-state index in [1.807, 2.05) is 0 Å².